The Hall–Kier alpha value is -3.15. The third-order valence-corrected chi connectivity index (χ3v) is 4.23. The smallest absolute Gasteiger partial charge is 0.279 e. The summed E-state index contributed by atoms with van der Waals surface area (Å²) in [5.74, 6) is -0.411. The fourth-order valence-electron chi connectivity index (χ4n) is 2.39. The molecule has 0 heterocycles. The van der Waals surface area contributed by atoms with Crippen LogP contribution in [0.3, 0.4) is 0 Å². The van der Waals surface area contributed by atoms with E-state index >= 15 is 0 Å². The number of carbonyl (C=O) groups excluding carboxylic acids is 3. The molecule has 6 heteroatoms. The zero-order valence-corrected chi connectivity index (χ0v) is 15.7. The quantitative estimate of drug-likeness (QED) is 0.581. The number of ether oxygens (including phenoxy) is 1. The highest BCUT2D eigenvalue weighted by Gasteiger charge is 2.17. The van der Waals surface area contributed by atoms with Crippen molar-refractivity contribution in [3.63, 3.8) is 0 Å². The standard InChI is InChI=1S/C21H24N2O4/c1-14-8-7-11-19(15(14)2)27-16(3)21(26)23-22-20(25)13-12-18(24)17-9-5-4-6-10-17/h4-11,16H,12-13H2,1-3H3,(H,22,25)(H,23,26). The summed E-state index contributed by atoms with van der Waals surface area (Å²) in [7, 11) is 0. The zero-order chi connectivity index (χ0) is 19.8. The van der Waals surface area contributed by atoms with Crippen molar-refractivity contribution in [3.8, 4) is 5.75 Å². The summed E-state index contributed by atoms with van der Waals surface area (Å²) in [5, 5.41) is 0. The Morgan fingerprint density at radius 3 is 2.33 bits per heavy atom. The minimum atomic E-state index is -0.781. The number of hydrazine groups is 1. The van der Waals surface area contributed by atoms with Gasteiger partial charge in [-0.2, -0.15) is 0 Å². The van der Waals surface area contributed by atoms with E-state index in [1.54, 1.807) is 37.3 Å². The van der Waals surface area contributed by atoms with Gasteiger partial charge in [0.1, 0.15) is 5.75 Å². The van der Waals surface area contributed by atoms with E-state index in [0.717, 1.165) is 11.1 Å². The van der Waals surface area contributed by atoms with Crippen LogP contribution in [0.4, 0.5) is 0 Å². The van der Waals surface area contributed by atoms with Gasteiger partial charge in [-0.15, -0.1) is 0 Å². The molecule has 0 spiro atoms. The van der Waals surface area contributed by atoms with Crippen LogP contribution in [0.2, 0.25) is 0 Å². The van der Waals surface area contributed by atoms with E-state index in [1.165, 1.54) is 0 Å². The molecule has 0 saturated carbocycles. The molecule has 2 amide bonds. The van der Waals surface area contributed by atoms with E-state index in [4.69, 9.17) is 4.74 Å². The maximum absolute atomic E-state index is 12.1. The lowest BCUT2D eigenvalue weighted by Crippen LogP contribution is -2.47. The number of Topliss-reactive ketones (excluding diaryl/α,β-unsaturated/α-hetero) is 1. The van der Waals surface area contributed by atoms with Crippen LogP contribution < -0.4 is 15.6 Å². The summed E-state index contributed by atoms with van der Waals surface area (Å²) in [4.78, 5) is 35.9. The van der Waals surface area contributed by atoms with Crippen molar-refractivity contribution in [2.45, 2.75) is 39.7 Å². The summed E-state index contributed by atoms with van der Waals surface area (Å²) < 4.78 is 5.66. The predicted molar refractivity (Wildman–Crippen MR) is 102 cm³/mol. The van der Waals surface area contributed by atoms with Crippen LogP contribution in [0.15, 0.2) is 48.5 Å². The first kappa shape index (κ1) is 20.2. The normalized spacial score (nSPS) is 11.4. The second kappa shape index (κ2) is 9.52. The molecular weight excluding hydrogens is 344 g/mol. The highest BCUT2D eigenvalue weighted by atomic mass is 16.5. The van der Waals surface area contributed by atoms with Gasteiger partial charge in [0, 0.05) is 18.4 Å². The van der Waals surface area contributed by atoms with E-state index in [1.807, 2.05) is 32.0 Å². The molecule has 2 N–H and O–H groups in total. The molecule has 2 aromatic rings. The Morgan fingerprint density at radius 2 is 1.63 bits per heavy atom. The molecule has 0 saturated heterocycles. The third-order valence-electron chi connectivity index (χ3n) is 4.23. The van der Waals surface area contributed by atoms with Gasteiger partial charge in [0.15, 0.2) is 11.9 Å². The van der Waals surface area contributed by atoms with Crippen LogP contribution in [0, 0.1) is 13.8 Å². The molecule has 6 nitrogen and oxygen atoms in total. The van der Waals surface area contributed by atoms with Crippen molar-refractivity contribution in [2.75, 3.05) is 0 Å². The molecule has 27 heavy (non-hydrogen) atoms. The van der Waals surface area contributed by atoms with Gasteiger partial charge in [-0.05, 0) is 38.0 Å². The van der Waals surface area contributed by atoms with E-state index in [9.17, 15) is 14.4 Å². The van der Waals surface area contributed by atoms with Crippen molar-refractivity contribution in [3.05, 3.63) is 65.2 Å². The average Bonchev–Trinajstić information content (AvgIpc) is 2.68. The molecule has 0 aliphatic rings. The molecule has 2 rings (SSSR count). The van der Waals surface area contributed by atoms with Crippen LogP contribution in [0.5, 0.6) is 5.75 Å². The number of hydrogen-bond donors (Lipinski definition) is 2. The molecule has 0 aliphatic carbocycles. The molecule has 0 radical (unpaired) electrons. The predicted octanol–water partition coefficient (Wildman–Crippen LogP) is 2.88. The number of ketones is 1. The molecular formula is C21H24N2O4. The third kappa shape index (κ3) is 5.95. The molecule has 1 unspecified atom stereocenters. The van der Waals surface area contributed by atoms with Gasteiger partial charge in [-0.1, -0.05) is 42.5 Å². The highest BCUT2D eigenvalue weighted by Crippen LogP contribution is 2.21. The summed E-state index contributed by atoms with van der Waals surface area (Å²) >= 11 is 0. The highest BCUT2D eigenvalue weighted by molar-refractivity contribution is 5.98. The van der Waals surface area contributed by atoms with Crippen molar-refractivity contribution in [1.29, 1.82) is 0 Å². The van der Waals surface area contributed by atoms with Gasteiger partial charge in [0.2, 0.25) is 5.91 Å². The summed E-state index contributed by atoms with van der Waals surface area (Å²) in [6.07, 6.45) is -0.725. The lowest BCUT2D eigenvalue weighted by molar-refractivity contribution is -0.132. The monoisotopic (exact) mass is 368 g/mol. The first-order chi connectivity index (χ1) is 12.9. The Labute approximate surface area is 158 Å². The van der Waals surface area contributed by atoms with E-state index < -0.39 is 17.9 Å². The second-order valence-corrected chi connectivity index (χ2v) is 6.28. The molecule has 2 aromatic carbocycles. The lowest BCUT2D eigenvalue weighted by atomic mass is 10.1. The van der Waals surface area contributed by atoms with Crippen molar-refractivity contribution < 1.29 is 19.1 Å². The number of nitrogens with one attached hydrogen (secondary N) is 2. The van der Waals surface area contributed by atoms with Gasteiger partial charge in [0.25, 0.3) is 5.91 Å². The summed E-state index contributed by atoms with van der Waals surface area (Å²) in [6, 6.07) is 14.4. The van der Waals surface area contributed by atoms with Crippen LogP contribution >= 0.6 is 0 Å². The lowest BCUT2D eigenvalue weighted by Gasteiger charge is -2.17. The first-order valence-electron chi connectivity index (χ1n) is 8.78. The number of benzene rings is 2. The number of amides is 2. The van der Waals surface area contributed by atoms with Gasteiger partial charge in [0.05, 0.1) is 0 Å². The molecule has 0 fully saturated rings. The number of hydrogen-bond acceptors (Lipinski definition) is 4. The maximum Gasteiger partial charge on any atom is 0.279 e. The molecule has 0 bridgehead atoms. The minimum absolute atomic E-state index is 0.0137. The SMILES string of the molecule is Cc1cccc(OC(C)C(=O)NNC(=O)CCC(=O)c2ccccc2)c1C. The van der Waals surface area contributed by atoms with Crippen LogP contribution in [-0.2, 0) is 9.59 Å². The number of aryl methyl sites for hydroxylation is 1. The van der Waals surface area contributed by atoms with Gasteiger partial charge >= 0.3 is 0 Å². The average molecular weight is 368 g/mol. The molecule has 1 atom stereocenters. The summed E-state index contributed by atoms with van der Waals surface area (Å²) in [6.45, 7) is 5.48. The van der Waals surface area contributed by atoms with Crippen LogP contribution in [0.1, 0.15) is 41.3 Å². The fraction of sp³-hybridized carbons (Fsp3) is 0.286. The molecule has 142 valence electrons. The Morgan fingerprint density at radius 1 is 0.926 bits per heavy atom. The van der Waals surface area contributed by atoms with E-state index in [2.05, 4.69) is 10.9 Å². The first-order valence-corrected chi connectivity index (χ1v) is 8.78. The van der Waals surface area contributed by atoms with Gasteiger partial charge in [-0.3, -0.25) is 25.2 Å². The van der Waals surface area contributed by atoms with E-state index in [0.29, 0.717) is 11.3 Å². The zero-order valence-electron chi connectivity index (χ0n) is 15.7. The van der Waals surface area contributed by atoms with Gasteiger partial charge in [-0.25, -0.2) is 0 Å². The summed E-state index contributed by atoms with van der Waals surface area (Å²) in [5.41, 5.74) is 7.22. The van der Waals surface area contributed by atoms with Crippen LogP contribution in [-0.4, -0.2) is 23.7 Å². The van der Waals surface area contributed by atoms with E-state index in [-0.39, 0.29) is 18.6 Å². The largest absolute Gasteiger partial charge is 0.481 e. The van der Waals surface area contributed by atoms with Crippen molar-refractivity contribution >= 4 is 17.6 Å². The molecule has 0 aliphatic heterocycles. The maximum atomic E-state index is 12.1. The Bertz CT molecular complexity index is 818. The Balaban J connectivity index is 1.76. The molecule has 0 aromatic heterocycles. The Kier molecular flexibility index (Phi) is 7.11. The number of rotatable bonds is 7. The minimum Gasteiger partial charge on any atom is -0.481 e. The topological polar surface area (TPSA) is 84.5 Å². The van der Waals surface area contributed by atoms with Crippen molar-refractivity contribution in [1.82, 2.24) is 10.9 Å². The fourth-order valence-corrected chi connectivity index (χ4v) is 2.39. The van der Waals surface area contributed by atoms with Gasteiger partial charge < -0.3 is 4.74 Å². The number of carbonyl (C=O) groups is 3. The van der Waals surface area contributed by atoms with Crippen molar-refractivity contribution in [2.24, 2.45) is 0 Å². The van der Waals surface area contributed by atoms with Crippen LogP contribution in [0.25, 0.3) is 0 Å². The second-order valence-electron chi connectivity index (χ2n) is 6.28.